The maximum absolute atomic E-state index is 10.4. The summed E-state index contributed by atoms with van der Waals surface area (Å²) >= 11 is 11.6. The number of hydrogen-bond acceptors (Lipinski definition) is 3. The van der Waals surface area contributed by atoms with E-state index in [0.29, 0.717) is 21.3 Å². The second-order valence-corrected chi connectivity index (χ2v) is 3.46. The molecule has 0 unspecified atom stereocenters. The third-order valence-electron chi connectivity index (χ3n) is 1.60. The van der Waals surface area contributed by atoms with E-state index in [1.54, 1.807) is 0 Å². The Bertz CT molecular complexity index is 345. The molecule has 0 fully saturated rings. The Hall–Kier alpha value is -0.970. The second kappa shape index (κ2) is 4.50. The lowest BCUT2D eigenvalue weighted by Gasteiger charge is -2.07. The fourth-order valence-electron chi connectivity index (χ4n) is 1.04. The van der Waals surface area contributed by atoms with Crippen LogP contribution in [0.1, 0.15) is 5.56 Å². The first-order chi connectivity index (χ1) is 6.54. The van der Waals surface area contributed by atoms with Gasteiger partial charge in [0, 0.05) is 0 Å². The van der Waals surface area contributed by atoms with Gasteiger partial charge in [-0.15, -0.1) is 0 Å². The van der Waals surface area contributed by atoms with Gasteiger partial charge in [0.2, 0.25) is 0 Å². The molecule has 0 amide bonds. The summed E-state index contributed by atoms with van der Waals surface area (Å²) in [7, 11) is 0. The lowest BCUT2D eigenvalue weighted by atomic mass is 10.1. The zero-order valence-electron chi connectivity index (χ0n) is 7.05. The van der Waals surface area contributed by atoms with Gasteiger partial charge in [0.05, 0.1) is 22.2 Å². The van der Waals surface area contributed by atoms with Gasteiger partial charge < -0.3 is 10.5 Å². The van der Waals surface area contributed by atoms with E-state index < -0.39 is 5.97 Å². The Balaban J connectivity index is 3.07. The topological polar surface area (TPSA) is 75.3 Å². The number of anilines is 1. The molecule has 0 radical (unpaired) electrons. The number of benzene rings is 1. The zero-order chi connectivity index (χ0) is 10.7. The minimum Gasteiger partial charge on any atom is -0.481 e. The number of nitrogen functional groups attached to an aromatic ring is 1. The fourth-order valence-corrected chi connectivity index (χ4v) is 1.68. The minimum atomic E-state index is -0.939. The van der Waals surface area contributed by atoms with E-state index in [2.05, 4.69) is 5.43 Å². The largest absolute Gasteiger partial charge is 0.481 e. The van der Waals surface area contributed by atoms with Crippen molar-refractivity contribution < 1.29 is 9.90 Å². The molecule has 0 bridgehead atoms. The molecule has 0 saturated heterocycles. The number of hydrazine groups is 1. The number of aliphatic carboxylic acids is 1. The van der Waals surface area contributed by atoms with Crippen molar-refractivity contribution in [3.05, 3.63) is 27.7 Å². The Labute approximate surface area is 90.6 Å². The maximum atomic E-state index is 10.4. The summed E-state index contributed by atoms with van der Waals surface area (Å²) in [5, 5.41) is 9.15. The highest BCUT2D eigenvalue weighted by Gasteiger charge is 2.08. The lowest BCUT2D eigenvalue weighted by Crippen LogP contribution is -2.08. The summed E-state index contributed by atoms with van der Waals surface area (Å²) < 4.78 is 0. The molecule has 0 aromatic heterocycles. The monoisotopic (exact) mass is 234 g/mol. The van der Waals surface area contributed by atoms with Crippen molar-refractivity contribution in [1.82, 2.24) is 0 Å². The SMILES string of the molecule is NNc1c(Cl)cc(CC(=O)O)cc1Cl. The van der Waals surface area contributed by atoms with Gasteiger partial charge in [-0.3, -0.25) is 10.6 Å². The van der Waals surface area contributed by atoms with E-state index in [-0.39, 0.29) is 6.42 Å². The molecule has 0 aliphatic heterocycles. The molecular formula is C8H8Cl2N2O2. The molecule has 0 spiro atoms. The van der Waals surface area contributed by atoms with Crippen LogP contribution >= 0.6 is 23.2 Å². The summed E-state index contributed by atoms with van der Waals surface area (Å²) in [6, 6.07) is 3.02. The number of hydrogen-bond donors (Lipinski definition) is 3. The maximum Gasteiger partial charge on any atom is 0.307 e. The second-order valence-electron chi connectivity index (χ2n) is 2.65. The summed E-state index contributed by atoms with van der Waals surface area (Å²) in [5.41, 5.74) is 3.26. The predicted octanol–water partition coefficient (Wildman–Crippen LogP) is 1.91. The molecule has 0 aliphatic rings. The van der Waals surface area contributed by atoms with Crippen LogP contribution in [0.3, 0.4) is 0 Å². The Kier molecular flexibility index (Phi) is 3.57. The van der Waals surface area contributed by atoms with Crippen molar-refractivity contribution in [3.8, 4) is 0 Å². The number of carboxylic acid groups (broad SMARTS) is 1. The first kappa shape index (κ1) is 11.1. The van der Waals surface area contributed by atoms with Gasteiger partial charge in [0.1, 0.15) is 0 Å². The smallest absolute Gasteiger partial charge is 0.307 e. The van der Waals surface area contributed by atoms with Crippen LogP contribution in [0.2, 0.25) is 10.0 Å². The molecular weight excluding hydrogens is 227 g/mol. The number of halogens is 2. The van der Waals surface area contributed by atoms with Crippen LogP contribution in [0.4, 0.5) is 5.69 Å². The molecule has 6 heteroatoms. The van der Waals surface area contributed by atoms with E-state index >= 15 is 0 Å². The van der Waals surface area contributed by atoms with Gasteiger partial charge in [-0.25, -0.2) is 0 Å². The van der Waals surface area contributed by atoms with Crippen LogP contribution in [0.25, 0.3) is 0 Å². The van der Waals surface area contributed by atoms with Crippen LogP contribution in [0.5, 0.6) is 0 Å². The summed E-state index contributed by atoms with van der Waals surface area (Å²) in [6.45, 7) is 0. The molecule has 76 valence electrons. The molecule has 0 saturated carbocycles. The predicted molar refractivity (Wildman–Crippen MR) is 55.6 cm³/mol. The van der Waals surface area contributed by atoms with Gasteiger partial charge in [-0.2, -0.15) is 0 Å². The van der Waals surface area contributed by atoms with Crippen molar-refractivity contribution in [2.24, 2.45) is 5.84 Å². The van der Waals surface area contributed by atoms with Crippen molar-refractivity contribution >= 4 is 34.9 Å². The van der Waals surface area contributed by atoms with Crippen molar-refractivity contribution in [2.75, 3.05) is 5.43 Å². The first-order valence-electron chi connectivity index (χ1n) is 3.71. The van der Waals surface area contributed by atoms with E-state index in [4.69, 9.17) is 34.2 Å². The molecule has 0 heterocycles. The van der Waals surface area contributed by atoms with E-state index in [1.165, 1.54) is 12.1 Å². The van der Waals surface area contributed by atoms with Gasteiger partial charge in [-0.05, 0) is 17.7 Å². The molecule has 14 heavy (non-hydrogen) atoms. The highest BCUT2D eigenvalue weighted by atomic mass is 35.5. The summed E-state index contributed by atoms with van der Waals surface area (Å²) in [4.78, 5) is 10.4. The number of carbonyl (C=O) groups is 1. The minimum absolute atomic E-state index is 0.121. The number of rotatable bonds is 3. The highest BCUT2D eigenvalue weighted by molar-refractivity contribution is 6.39. The average Bonchev–Trinajstić information content (AvgIpc) is 2.01. The van der Waals surface area contributed by atoms with Crippen LogP contribution in [0, 0.1) is 0 Å². The van der Waals surface area contributed by atoms with Gasteiger partial charge in [0.25, 0.3) is 0 Å². The molecule has 4 N–H and O–H groups in total. The van der Waals surface area contributed by atoms with Crippen LogP contribution in [0.15, 0.2) is 12.1 Å². The third-order valence-corrected chi connectivity index (χ3v) is 2.20. The van der Waals surface area contributed by atoms with E-state index in [0.717, 1.165) is 0 Å². The van der Waals surface area contributed by atoms with Crippen molar-refractivity contribution in [1.29, 1.82) is 0 Å². The Morgan fingerprint density at radius 2 is 1.93 bits per heavy atom. The first-order valence-corrected chi connectivity index (χ1v) is 4.46. The molecule has 4 nitrogen and oxygen atoms in total. The standard InChI is InChI=1S/C8H8Cl2N2O2/c9-5-1-4(3-7(13)14)2-6(10)8(5)12-11/h1-2,12H,3,11H2,(H,13,14). The molecule has 1 aromatic carbocycles. The van der Waals surface area contributed by atoms with Crippen molar-refractivity contribution in [3.63, 3.8) is 0 Å². The fraction of sp³-hybridized carbons (Fsp3) is 0.125. The summed E-state index contributed by atoms with van der Waals surface area (Å²) in [5.74, 6) is 4.23. The number of carboxylic acids is 1. The van der Waals surface area contributed by atoms with Crippen LogP contribution < -0.4 is 11.3 Å². The van der Waals surface area contributed by atoms with E-state index in [9.17, 15) is 4.79 Å². The van der Waals surface area contributed by atoms with Crippen LogP contribution in [-0.2, 0) is 11.2 Å². The molecule has 0 atom stereocenters. The zero-order valence-corrected chi connectivity index (χ0v) is 8.56. The third kappa shape index (κ3) is 2.51. The average molecular weight is 235 g/mol. The van der Waals surface area contributed by atoms with E-state index in [1.807, 2.05) is 0 Å². The number of nitrogens with one attached hydrogen (secondary N) is 1. The molecule has 1 aromatic rings. The molecule has 1 rings (SSSR count). The van der Waals surface area contributed by atoms with Gasteiger partial charge in [0.15, 0.2) is 0 Å². The van der Waals surface area contributed by atoms with Crippen molar-refractivity contribution in [2.45, 2.75) is 6.42 Å². The number of nitrogens with two attached hydrogens (primary N) is 1. The van der Waals surface area contributed by atoms with Crippen LogP contribution in [-0.4, -0.2) is 11.1 Å². The molecule has 0 aliphatic carbocycles. The Morgan fingerprint density at radius 3 is 2.29 bits per heavy atom. The summed E-state index contributed by atoms with van der Waals surface area (Å²) in [6.07, 6.45) is -0.121. The van der Waals surface area contributed by atoms with Gasteiger partial charge >= 0.3 is 5.97 Å². The lowest BCUT2D eigenvalue weighted by molar-refractivity contribution is -0.136. The Morgan fingerprint density at radius 1 is 1.43 bits per heavy atom. The normalized spacial score (nSPS) is 9.93. The van der Waals surface area contributed by atoms with Gasteiger partial charge in [-0.1, -0.05) is 23.2 Å². The highest BCUT2D eigenvalue weighted by Crippen LogP contribution is 2.31. The quantitative estimate of drug-likeness (QED) is 0.552.